The van der Waals surface area contributed by atoms with E-state index >= 15 is 0 Å². The van der Waals surface area contributed by atoms with E-state index in [9.17, 15) is 0 Å². The van der Waals surface area contributed by atoms with E-state index in [2.05, 4.69) is 54.6 Å². The quantitative estimate of drug-likeness (QED) is 0.654. The Kier molecular flexibility index (Phi) is 3.51. The Hall–Kier alpha value is -2.54. The molecule has 0 aliphatic heterocycles. The zero-order valence-electron chi connectivity index (χ0n) is 11.3. The highest BCUT2D eigenvalue weighted by Crippen LogP contribution is 2.27. The first-order valence-corrected chi connectivity index (χ1v) is 6.58. The number of hydrogen-bond acceptors (Lipinski definition) is 1. The van der Waals surface area contributed by atoms with Crippen molar-refractivity contribution in [1.82, 2.24) is 0 Å². The van der Waals surface area contributed by atoms with Gasteiger partial charge in [-0.3, -0.25) is 0 Å². The Morgan fingerprint density at radius 3 is 1.90 bits per heavy atom. The van der Waals surface area contributed by atoms with Gasteiger partial charge in [-0.05, 0) is 46.5 Å². The minimum absolute atomic E-state index is 0.878. The number of ether oxygens (including phenoxy) is 1. The number of methoxy groups -OCH3 is 1. The molecule has 3 aromatic rings. The first-order valence-electron chi connectivity index (χ1n) is 6.58. The van der Waals surface area contributed by atoms with E-state index in [1.807, 2.05) is 24.3 Å². The molecular weight excluding hydrogens is 244 g/mol. The number of benzene rings is 3. The molecule has 0 spiro atoms. The molecule has 0 fully saturated rings. The highest BCUT2D eigenvalue weighted by Gasteiger charge is 2.01. The monoisotopic (exact) mass is 259 g/mol. The molecule has 20 heavy (non-hydrogen) atoms. The lowest BCUT2D eigenvalue weighted by atomic mass is 9.99. The van der Waals surface area contributed by atoms with Gasteiger partial charge < -0.3 is 4.74 Å². The van der Waals surface area contributed by atoms with Gasteiger partial charge in [0.25, 0.3) is 0 Å². The Morgan fingerprint density at radius 2 is 1.30 bits per heavy atom. The van der Waals surface area contributed by atoms with Crippen LogP contribution in [0.15, 0.2) is 72.8 Å². The van der Waals surface area contributed by atoms with Crippen molar-refractivity contribution in [1.29, 1.82) is 0 Å². The van der Waals surface area contributed by atoms with Gasteiger partial charge >= 0.3 is 0 Å². The molecule has 0 atom stereocenters. The third kappa shape index (κ3) is 2.57. The van der Waals surface area contributed by atoms with Crippen LogP contribution in [0.3, 0.4) is 0 Å². The van der Waals surface area contributed by atoms with Crippen LogP contribution in [0.1, 0.15) is 0 Å². The van der Waals surface area contributed by atoms with Gasteiger partial charge in [0.15, 0.2) is 0 Å². The molecule has 0 amide bonds. The van der Waals surface area contributed by atoms with Crippen LogP contribution in [0.4, 0.5) is 0 Å². The molecule has 3 aromatic carbocycles. The molecule has 1 radical (unpaired) electrons. The minimum Gasteiger partial charge on any atom is -0.497 e. The van der Waals surface area contributed by atoms with E-state index < -0.39 is 0 Å². The molecule has 0 aliphatic carbocycles. The maximum atomic E-state index is 5.19. The fourth-order valence-corrected chi connectivity index (χ4v) is 2.24. The van der Waals surface area contributed by atoms with Crippen LogP contribution in [-0.2, 0) is 0 Å². The first kappa shape index (κ1) is 12.5. The molecular formula is C19H15O. The van der Waals surface area contributed by atoms with Crippen LogP contribution in [0.25, 0.3) is 22.3 Å². The Bertz CT molecular complexity index is 684. The van der Waals surface area contributed by atoms with Crippen LogP contribution >= 0.6 is 0 Å². The van der Waals surface area contributed by atoms with Gasteiger partial charge in [0.1, 0.15) is 5.75 Å². The fourth-order valence-electron chi connectivity index (χ4n) is 2.24. The lowest BCUT2D eigenvalue weighted by Crippen LogP contribution is -1.83. The van der Waals surface area contributed by atoms with Crippen LogP contribution in [0, 0.1) is 6.07 Å². The first-order chi connectivity index (χ1) is 9.86. The van der Waals surface area contributed by atoms with E-state index in [-0.39, 0.29) is 0 Å². The second kappa shape index (κ2) is 5.62. The number of rotatable bonds is 3. The summed E-state index contributed by atoms with van der Waals surface area (Å²) >= 11 is 0. The fraction of sp³-hybridized carbons (Fsp3) is 0.0526. The molecule has 97 valence electrons. The van der Waals surface area contributed by atoms with Crippen LogP contribution < -0.4 is 4.74 Å². The van der Waals surface area contributed by atoms with Crippen molar-refractivity contribution in [2.45, 2.75) is 0 Å². The summed E-state index contributed by atoms with van der Waals surface area (Å²) in [7, 11) is 1.68. The van der Waals surface area contributed by atoms with Crippen molar-refractivity contribution in [3.63, 3.8) is 0 Å². The van der Waals surface area contributed by atoms with Crippen LogP contribution in [0.5, 0.6) is 5.75 Å². The summed E-state index contributed by atoms with van der Waals surface area (Å²) in [6.45, 7) is 0. The van der Waals surface area contributed by atoms with Crippen LogP contribution in [-0.4, -0.2) is 7.11 Å². The summed E-state index contributed by atoms with van der Waals surface area (Å²) in [5.74, 6) is 0.878. The molecule has 0 saturated carbocycles. The summed E-state index contributed by atoms with van der Waals surface area (Å²) in [6, 6.07) is 27.8. The van der Waals surface area contributed by atoms with E-state index in [1.54, 1.807) is 7.11 Å². The van der Waals surface area contributed by atoms with E-state index in [0.29, 0.717) is 0 Å². The summed E-state index contributed by atoms with van der Waals surface area (Å²) in [6.07, 6.45) is 0. The normalized spacial score (nSPS) is 10.2. The minimum atomic E-state index is 0.878. The topological polar surface area (TPSA) is 9.23 Å². The maximum absolute atomic E-state index is 5.19. The van der Waals surface area contributed by atoms with E-state index in [0.717, 1.165) is 5.75 Å². The summed E-state index contributed by atoms with van der Waals surface area (Å²) < 4.78 is 5.19. The van der Waals surface area contributed by atoms with Crippen molar-refractivity contribution >= 4 is 0 Å². The zero-order valence-corrected chi connectivity index (χ0v) is 11.3. The molecule has 0 bridgehead atoms. The average Bonchev–Trinajstić information content (AvgIpc) is 2.56. The van der Waals surface area contributed by atoms with E-state index in [1.165, 1.54) is 22.3 Å². The highest BCUT2D eigenvalue weighted by atomic mass is 16.5. The van der Waals surface area contributed by atoms with Crippen molar-refractivity contribution in [3.8, 4) is 28.0 Å². The third-order valence-electron chi connectivity index (χ3n) is 3.34. The second-order valence-corrected chi connectivity index (χ2v) is 4.60. The Morgan fingerprint density at radius 1 is 0.700 bits per heavy atom. The highest BCUT2D eigenvalue weighted by molar-refractivity contribution is 5.73. The van der Waals surface area contributed by atoms with Gasteiger partial charge in [0.05, 0.1) is 7.11 Å². The SMILES string of the molecule is COc1ccc(-c2cccc(-c3cc[c]cc3)c2)cc1. The van der Waals surface area contributed by atoms with Gasteiger partial charge in [-0.2, -0.15) is 0 Å². The molecule has 0 unspecified atom stereocenters. The molecule has 0 N–H and O–H groups in total. The predicted octanol–water partition coefficient (Wildman–Crippen LogP) is 4.83. The van der Waals surface area contributed by atoms with Crippen molar-refractivity contribution in [3.05, 3.63) is 78.9 Å². The molecule has 0 aliphatic rings. The molecule has 1 heteroatoms. The largest absolute Gasteiger partial charge is 0.497 e. The average molecular weight is 259 g/mol. The lowest BCUT2D eigenvalue weighted by molar-refractivity contribution is 0.415. The second-order valence-electron chi connectivity index (χ2n) is 4.60. The van der Waals surface area contributed by atoms with E-state index in [4.69, 9.17) is 4.74 Å². The lowest BCUT2D eigenvalue weighted by Gasteiger charge is -2.07. The van der Waals surface area contributed by atoms with Gasteiger partial charge in [0, 0.05) is 0 Å². The third-order valence-corrected chi connectivity index (χ3v) is 3.34. The summed E-state index contributed by atoms with van der Waals surface area (Å²) in [5.41, 5.74) is 4.82. The van der Waals surface area contributed by atoms with Gasteiger partial charge in [-0.15, -0.1) is 0 Å². The predicted molar refractivity (Wildman–Crippen MR) is 82.7 cm³/mol. The molecule has 0 aromatic heterocycles. The zero-order chi connectivity index (χ0) is 13.8. The standard InChI is InChI=1S/C19H15O/c1-20-19-12-10-16(11-13-19)18-9-5-8-17(14-18)15-6-3-2-4-7-15/h3-14H,1H3. The summed E-state index contributed by atoms with van der Waals surface area (Å²) in [4.78, 5) is 0. The van der Waals surface area contributed by atoms with Gasteiger partial charge in [-0.1, -0.05) is 54.6 Å². The van der Waals surface area contributed by atoms with Crippen molar-refractivity contribution in [2.75, 3.05) is 7.11 Å². The van der Waals surface area contributed by atoms with Gasteiger partial charge in [0.2, 0.25) is 0 Å². The molecule has 0 heterocycles. The number of hydrogen-bond donors (Lipinski definition) is 0. The van der Waals surface area contributed by atoms with Crippen LogP contribution in [0.2, 0.25) is 0 Å². The van der Waals surface area contributed by atoms with Crippen molar-refractivity contribution < 1.29 is 4.74 Å². The van der Waals surface area contributed by atoms with Gasteiger partial charge in [-0.25, -0.2) is 0 Å². The van der Waals surface area contributed by atoms with Crippen molar-refractivity contribution in [2.24, 2.45) is 0 Å². The molecule has 0 saturated heterocycles. The molecule has 3 rings (SSSR count). The maximum Gasteiger partial charge on any atom is 0.118 e. The smallest absolute Gasteiger partial charge is 0.118 e. The Labute approximate surface area is 119 Å². The summed E-state index contributed by atoms with van der Waals surface area (Å²) in [5, 5.41) is 0. The molecule has 1 nitrogen and oxygen atoms in total. The Balaban J connectivity index is 1.98.